The SMILES string of the molecule is N#Cc1cccc(CS(=O)(=O)N2CCC(NCC3CC3)CC2)c1. The van der Waals surface area contributed by atoms with E-state index in [0.29, 0.717) is 30.3 Å². The molecular formula is C17H23N3O2S. The molecule has 2 aliphatic rings. The first-order valence-electron chi connectivity index (χ1n) is 8.27. The molecule has 1 saturated carbocycles. The Kier molecular flexibility index (Phi) is 5.00. The zero-order chi connectivity index (χ0) is 16.3. The van der Waals surface area contributed by atoms with Gasteiger partial charge in [0.25, 0.3) is 0 Å². The van der Waals surface area contributed by atoms with Gasteiger partial charge in [0, 0.05) is 19.1 Å². The van der Waals surface area contributed by atoms with Gasteiger partial charge < -0.3 is 5.32 Å². The van der Waals surface area contributed by atoms with Gasteiger partial charge in [-0.2, -0.15) is 5.26 Å². The highest BCUT2D eigenvalue weighted by Crippen LogP contribution is 2.28. The molecule has 1 saturated heterocycles. The Hall–Kier alpha value is -1.42. The molecule has 0 unspecified atom stereocenters. The van der Waals surface area contributed by atoms with Crippen LogP contribution in [0.1, 0.15) is 36.8 Å². The molecule has 0 amide bonds. The molecule has 1 aliphatic heterocycles. The first kappa shape index (κ1) is 16.4. The number of nitrogens with one attached hydrogen (secondary N) is 1. The van der Waals surface area contributed by atoms with Crippen molar-refractivity contribution in [3.8, 4) is 6.07 Å². The van der Waals surface area contributed by atoms with Crippen molar-refractivity contribution in [1.82, 2.24) is 9.62 Å². The molecule has 2 fully saturated rings. The van der Waals surface area contributed by atoms with Crippen LogP contribution in [-0.2, 0) is 15.8 Å². The number of hydrogen-bond donors (Lipinski definition) is 1. The molecule has 23 heavy (non-hydrogen) atoms. The molecule has 1 heterocycles. The number of benzene rings is 1. The van der Waals surface area contributed by atoms with Crippen LogP contribution in [0.5, 0.6) is 0 Å². The van der Waals surface area contributed by atoms with E-state index in [1.165, 1.54) is 12.8 Å². The predicted octanol–water partition coefficient (Wildman–Crippen LogP) is 1.85. The standard InChI is InChI=1S/C17H23N3O2S/c18-11-15-2-1-3-16(10-15)13-23(21,22)20-8-6-17(7-9-20)19-12-14-4-5-14/h1-3,10,14,17,19H,4-9,12-13H2. The number of hydrogen-bond acceptors (Lipinski definition) is 4. The van der Waals surface area contributed by atoms with Crippen LogP contribution in [-0.4, -0.2) is 38.4 Å². The Labute approximate surface area is 138 Å². The van der Waals surface area contributed by atoms with Gasteiger partial charge in [-0.3, -0.25) is 0 Å². The zero-order valence-corrected chi connectivity index (χ0v) is 14.1. The van der Waals surface area contributed by atoms with Crippen molar-refractivity contribution in [3.63, 3.8) is 0 Å². The summed E-state index contributed by atoms with van der Waals surface area (Å²) in [6.45, 7) is 2.25. The van der Waals surface area contributed by atoms with Crippen LogP contribution in [0, 0.1) is 17.2 Å². The molecule has 124 valence electrons. The molecule has 0 radical (unpaired) electrons. The summed E-state index contributed by atoms with van der Waals surface area (Å²) in [7, 11) is -3.31. The van der Waals surface area contributed by atoms with Gasteiger partial charge in [-0.1, -0.05) is 12.1 Å². The second-order valence-corrected chi connectivity index (χ2v) is 8.56. The van der Waals surface area contributed by atoms with E-state index in [2.05, 4.69) is 5.32 Å². The zero-order valence-electron chi connectivity index (χ0n) is 13.2. The summed E-state index contributed by atoms with van der Waals surface area (Å²) in [4.78, 5) is 0. The van der Waals surface area contributed by atoms with Crippen LogP contribution in [0.3, 0.4) is 0 Å². The van der Waals surface area contributed by atoms with Gasteiger partial charge in [-0.05, 0) is 55.8 Å². The van der Waals surface area contributed by atoms with Crippen LogP contribution in [0.2, 0.25) is 0 Å². The number of nitrogens with zero attached hydrogens (tertiary/aromatic N) is 2. The van der Waals surface area contributed by atoms with Crippen LogP contribution < -0.4 is 5.32 Å². The largest absolute Gasteiger partial charge is 0.314 e. The first-order valence-corrected chi connectivity index (χ1v) is 9.88. The summed E-state index contributed by atoms with van der Waals surface area (Å²) in [6.07, 6.45) is 4.43. The van der Waals surface area contributed by atoms with E-state index in [1.807, 2.05) is 6.07 Å². The van der Waals surface area contributed by atoms with Gasteiger partial charge in [-0.15, -0.1) is 0 Å². The van der Waals surface area contributed by atoms with E-state index >= 15 is 0 Å². The Morgan fingerprint density at radius 2 is 1.96 bits per heavy atom. The van der Waals surface area contributed by atoms with Crippen molar-refractivity contribution in [3.05, 3.63) is 35.4 Å². The van der Waals surface area contributed by atoms with Gasteiger partial charge in [0.15, 0.2) is 0 Å². The Morgan fingerprint density at radius 1 is 1.22 bits per heavy atom. The van der Waals surface area contributed by atoms with E-state index < -0.39 is 10.0 Å². The fourth-order valence-electron chi connectivity index (χ4n) is 3.03. The minimum Gasteiger partial charge on any atom is -0.314 e. The number of nitriles is 1. The average molecular weight is 333 g/mol. The topological polar surface area (TPSA) is 73.2 Å². The Bertz CT molecular complexity index is 684. The maximum atomic E-state index is 12.6. The third-order valence-corrected chi connectivity index (χ3v) is 6.49. The summed E-state index contributed by atoms with van der Waals surface area (Å²) < 4.78 is 26.7. The molecule has 0 atom stereocenters. The molecule has 1 aliphatic carbocycles. The fraction of sp³-hybridized carbons (Fsp3) is 0.588. The highest BCUT2D eigenvalue weighted by atomic mass is 32.2. The molecule has 3 rings (SSSR count). The molecule has 0 spiro atoms. The Morgan fingerprint density at radius 3 is 2.61 bits per heavy atom. The molecule has 1 aromatic carbocycles. The van der Waals surface area contributed by atoms with Crippen molar-refractivity contribution >= 4 is 10.0 Å². The van der Waals surface area contributed by atoms with Crippen LogP contribution in [0.4, 0.5) is 0 Å². The van der Waals surface area contributed by atoms with Crippen LogP contribution in [0.25, 0.3) is 0 Å². The Balaban J connectivity index is 1.54. The van der Waals surface area contributed by atoms with E-state index in [1.54, 1.807) is 28.6 Å². The van der Waals surface area contributed by atoms with Crippen LogP contribution in [0.15, 0.2) is 24.3 Å². The quantitative estimate of drug-likeness (QED) is 0.862. The fourth-order valence-corrected chi connectivity index (χ4v) is 4.58. The predicted molar refractivity (Wildman–Crippen MR) is 89.1 cm³/mol. The molecule has 6 heteroatoms. The summed E-state index contributed by atoms with van der Waals surface area (Å²) in [5, 5.41) is 12.5. The highest BCUT2D eigenvalue weighted by molar-refractivity contribution is 7.88. The maximum absolute atomic E-state index is 12.6. The lowest BCUT2D eigenvalue weighted by Crippen LogP contribution is -2.45. The lowest BCUT2D eigenvalue weighted by molar-refractivity contribution is 0.287. The van der Waals surface area contributed by atoms with Crippen LogP contribution >= 0.6 is 0 Å². The second-order valence-electron chi connectivity index (χ2n) is 6.59. The van der Waals surface area contributed by atoms with Gasteiger partial charge in [0.2, 0.25) is 10.0 Å². The van der Waals surface area contributed by atoms with E-state index in [-0.39, 0.29) is 5.75 Å². The minimum atomic E-state index is -3.31. The van der Waals surface area contributed by atoms with Gasteiger partial charge in [0.1, 0.15) is 0 Å². The molecule has 0 bridgehead atoms. The average Bonchev–Trinajstić information content (AvgIpc) is 3.37. The van der Waals surface area contributed by atoms with Crippen molar-refractivity contribution in [1.29, 1.82) is 5.26 Å². The van der Waals surface area contributed by atoms with Gasteiger partial charge in [0.05, 0.1) is 17.4 Å². The lowest BCUT2D eigenvalue weighted by Gasteiger charge is -2.31. The minimum absolute atomic E-state index is 0.0251. The third kappa shape index (κ3) is 4.54. The summed E-state index contributed by atoms with van der Waals surface area (Å²) in [5.41, 5.74) is 1.18. The van der Waals surface area contributed by atoms with E-state index in [4.69, 9.17) is 5.26 Å². The van der Waals surface area contributed by atoms with Crippen molar-refractivity contribution in [2.45, 2.75) is 37.5 Å². The van der Waals surface area contributed by atoms with Crippen molar-refractivity contribution in [2.75, 3.05) is 19.6 Å². The van der Waals surface area contributed by atoms with Gasteiger partial charge in [-0.25, -0.2) is 12.7 Å². The van der Waals surface area contributed by atoms with E-state index in [9.17, 15) is 8.42 Å². The summed E-state index contributed by atoms with van der Waals surface area (Å²) in [5.74, 6) is 0.826. The molecule has 0 aromatic heterocycles. The molecule has 1 aromatic rings. The first-order chi connectivity index (χ1) is 11.1. The third-order valence-electron chi connectivity index (χ3n) is 4.64. The maximum Gasteiger partial charge on any atom is 0.218 e. The number of sulfonamides is 1. The number of rotatable bonds is 6. The molecule has 1 N–H and O–H groups in total. The van der Waals surface area contributed by atoms with Crippen molar-refractivity contribution < 1.29 is 8.42 Å². The smallest absolute Gasteiger partial charge is 0.218 e. The number of piperidine rings is 1. The monoisotopic (exact) mass is 333 g/mol. The normalized spacial score (nSPS) is 20.3. The molecule has 5 nitrogen and oxygen atoms in total. The summed E-state index contributed by atoms with van der Waals surface area (Å²) in [6, 6.07) is 9.34. The summed E-state index contributed by atoms with van der Waals surface area (Å²) >= 11 is 0. The molecular weight excluding hydrogens is 310 g/mol. The highest BCUT2D eigenvalue weighted by Gasteiger charge is 2.29. The van der Waals surface area contributed by atoms with Crippen molar-refractivity contribution in [2.24, 2.45) is 5.92 Å². The van der Waals surface area contributed by atoms with Gasteiger partial charge >= 0.3 is 0 Å². The second kappa shape index (κ2) is 7.00. The lowest BCUT2D eigenvalue weighted by atomic mass is 10.1. The van der Waals surface area contributed by atoms with E-state index in [0.717, 1.165) is 25.3 Å².